The highest BCUT2D eigenvalue weighted by Crippen LogP contribution is 2.34. The fraction of sp³-hybridized carbons (Fsp3) is 0.310. The Morgan fingerprint density at radius 2 is 1.81 bits per heavy atom. The third-order valence-electron chi connectivity index (χ3n) is 6.76. The Balaban J connectivity index is 1.39. The van der Waals surface area contributed by atoms with Gasteiger partial charge in [-0.15, -0.1) is 0 Å². The van der Waals surface area contributed by atoms with Crippen molar-refractivity contribution in [2.45, 2.75) is 38.8 Å². The van der Waals surface area contributed by atoms with Crippen molar-refractivity contribution in [3.05, 3.63) is 83.7 Å². The van der Waals surface area contributed by atoms with Crippen LogP contribution in [0.25, 0.3) is 11.0 Å². The van der Waals surface area contributed by atoms with Crippen LogP contribution in [0, 0.1) is 13.8 Å². The summed E-state index contributed by atoms with van der Waals surface area (Å²) in [7, 11) is 1.62. The van der Waals surface area contributed by atoms with Crippen molar-refractivity contribution in [1.29, 1.82) is 0 Å². The molecule has 1 fully saturated rings. The molecule has 2 atom stereocenters. The highest BCUT2D eigenvalue weighted by Gasteiger charge is 2.35. The molecule has 0 unspecified atom stereocenters. The summed E-state index contributed by atoms with van der Waals surface area (Å²) in [5.41, 5.74) is 4.68. The number of aliphatic hydroxyl groups excluding tert-OH is 1. The molecule has 186 valence electrons. The molecule has 2 heterocycles. The van der Waals surface area contributed by atoms with Crippen LogP contribution in [-0.4, -0.2) is 46.9 Å². The predicted octanol–water partition coefficient (Wildman–Crippen LogP) is 4.62. The molecule has 3 aromatic carbocycles. The third kappa shape index (κ3) is 4.66. The lowest BCUT2D eigenvalue weighted by Crippen LogP contribution is -2.26. The fourth-order valence-electron chi connectivity index (χ4n) is 4.98. The van der Waals surface area contributed by atoms with E-state index in [-0.39, 0.29) is 18.4 Å². The average molecular weight is 486 g/mol. The molecule has 1 aliphatic heterocycles. The molecule has 36 heavy (non-hydrogen) atoms. The van der Waals surface area contributed by atoms with E-state index in [1.54, 1.807) is 12.0 Å². The first-order valence-electron chi connectivity index (χ1n) is 12.2. The third-order valence-corrected chi connectivity index (χ3v) is 6.76. The molecule has 0 radical (unpaired) electrons. The number of para-hydroxylation sites is 3. The van der Waals surface area contributed by atoms with Gasteiger partial charge in [0.25, 0.3) is 0 Å². The Labute approximate surface area is 210 Å². The number of anilines is 1. The number of methoxy groups -OCH3 is 1. The largest absolute Gasteiger partial charge is 0.497 e. The SMILES string of the molecule is COc1cccc(N2C[C@H](c3nc4ccccc4n3C[C@@H](O)COc3c(C)cccc3C)CC2=O)c1. The van der Waals surface area contributed by atoms with E-state index >= 15 is 0 Å². The van der Waals surface area contributed by atoms with Gasteiger partial charge in [-0.05, 0) is 49.2 Å². The number of benzene rings is 3. The van der Waals surface area contributed by atoms with Crippen LogP contribution in [0.3, 0.4) is 0 Å². The van der Waals surface area contributed by atoms with Gasteiger partial charge in [0.1, 0.15) is 30.0 Å². The van der Waals surface area contributed by atoms with Gasteiger partial charge in [0.15, 0.2) is 0 Å². The minimum absolute atomic E-state index is 0.0470. The second-order valence-corrected chi connectivity index (χ2v) is 9.36. The van der Waals surface area contributed by atoms with E-state index in [0.29, 0.717) is 25.3 Å². The van der Waals surface area contributed by atoms with Crippen molar-refractivity contribution in [2.24, 2.45) is 0 Å². The lowest BCUT2D eigenvalue weighted by atomic mass is 10.1. The molecular formula is C29H31N3O4. The molecule has 7 heteroatoms. The van der Waals surface area contributed by atoms with E-state index in [1.807, 2.05) is 85.1 Å². The molecular weight excluding hydrogens is 454 g/mol. The number of hydrogen-bond acceptors (Lipinski definition) is 5. The number of aryl methyl sites for hydroxylation is 2. The Hall–Kier alpha value is -3.84. The highest BCUT2D eigenvalue weighted by atomic mass is 16.5. The number of aromatic nitrogens is 2. The van der Waals surface area contributed by atoms with Crippen molar-refractivity contribution < 1.29 is 19.4 Å². The van der Waals surface area contributed by atoms with Gasteiger partial charge in [0.2, 0.25) is 5.91 Å². The van der Waals surface area contributed by atoms with Gasteiger partial charge in [-0.3, -0.25) is 4.79 Å². The van der Waals surface area contributed by atoms with E-state index in [2.05, 4.69) is 0 Å². The number of fused-ring (bicyclic) bond motifs is 1. The van der Waals surface area contributed by atoms with Crippen LogP contribution in [0.4, 0.5) is 5.69 Å². The van der Waals surface area contributed by atoms with Crippen molar-refractivity contribution in [3.8, 4) is 11.5 Å². The number of hydrogen-bond donors (Lipinski definition) is 1. The number of ether oxygens (including phenoxy) is 2. The molecule has 7 nitrogen and oxygen atoms in total. The van der Waals surface area contributed by atoms with E-state index in [0.717, 1.165) is 39.4 Å². The fourth-order valence-corrected chi connectivity index (χ4v) is 4.98. The Morgan fingerprint density at radius 1 is 1.06 bits per heavy atom. The zero-order valence-corrected chi connectivity index (χ0v) is 20.8. The van der Waals surface area contributed by atoms with E-state index in [9.17, 15) is 9.90 Å². The van der Waals surface area contributed by atoms with Gasteiger partial charge in [-0.25, -0.2) is 4.98 Å². The minimum atomic E-state index is -0.744. The summed E-state index contributed by atoms with van der Waals surface area (Å²) in [5.74, 6) is 2.28. The molecule has 1 aliphatic rings. The Morgan fingerprint density at radius 3 is 2.58 bits per heavy atom. The Bertz CT molecular complexity index is 1380. The molecule has 0 aliphatic carbocycles. The quantitative estimate of drug-likeness (QED) is 0.394. The lowest BCUT2D eigenvalue weighted by molar-refractivity contribution is -0.117. The molecule has 1 amide bonds. The summed E-state index contributed by atoms with van der Waals surface area (Å²) in [6, 6.07) is 21.4. The maximum Gasteiger partial charge on any atom is 0.227 e. The number of carbonyl (C=O) groups excluding carboxylic acids is 1. The summed E-state index contributed by atoms with van der Waals surface area (Å²) in [6.45, 7) is 5.01. The van der Waals surface area contributed by atoms with Crippen molar-refractivity contribution in [1.82, 2.24) is 9.55 Å². The van der Waals surface area contributed by atoms with E-state index in [1.165, 1.54) is 0 Å². The monoisotopic (exact) mass is 485 g/mol. The second kappa shape index (κ2) is 10.0. The summed E-state index contributed by atoms with van der Waals surface area (Å²) in [4.78, 5) is 19.7. The molecule has 4 aromatic rings. The predicted molar refractivity (Wildman–Crippen MR) is 140 cm³/mol. The van der Waals surface area contributed by atoms with Crippen LogP contribution < -0.4 is 14.4 Å². The highest BCUT2D eigenvalue weighted by molar-refractivity contribution is 5.96. The molecule has 1 N–H and O–H groups in total. The van der Waals surface area contributed by atoms with Crippen LogP contribution in [0.2, 0.25) is 0 Å². The number of amides is 1. The maximum absolute atomic E-state index is 13.0. The van der Waals surface area contributed by atoms with Crippen LogP contribution in [0.1, 0.15) is 29.3 Å². The summed E-state index contributed by atoms with van der Waals surface area (Å²) in [6.07, 6.45) is -0.387. The average Bonchev–Trinajstić information content (AvgIpc) is 3.44. The van der Waals surface area contributed by atoms with Gasteiger partial charge in [0, 0.05) is 30.6 Å². The maximum atomic E-state index is 13.0. The van der Waals surface area contributed by atoms with Crippen LogP contribution in [-0.2, 0) is 11.3 Å². The molecule has 1 saturated heterocycles. The zero-order chi connectivity index (χ0) is 25.2. The number of imidazole rings is 1. The molecule has 1 aromatic heterocycles. The first kappa shape index (κ1) is 23.9. The molecule has 0 bridgehead atoms. The van der Waals surface area contributed by atoms with Crippen molar-refractivity contribution >= 4 is 22.6 Å². The van der Waals surface area contributed by atoms with Crippen LogP contribution in [0.5, 0.6) is 11.5 Å². The summed E-state index contributed by atoms with van der Waals surface area (Å²) < 4.78 is 13.4. The zero-order valence-electron chi connectivity index (χ0n) is 20.8. The van der Waals surface area contributed by atoms with E-state index < -0.39 is 6.10 Å². The molecule has 5 rings (SSSR count). The van der Waals surface area contributed by atoms with Gasteiger partial charge < -0.3 is 24.0 Å². The number of rotatable bonds is 8. The smallest absolute Gasteiger partial charge is 0.227 e. The second-order valence-electron chi connectivity index (χ2n) is 9.36. The Kier molecular flexibility index (Phi) is 6.65. The van der Waals surface area contributed by atoms with Crippen LogP contribution >= 0.6 is 0 Å². The van der Waals surface area contributed by atoms with Crippen molar-refractivity contribution in [2.75, 3.05) is 25.2 Å². The summed E-state index contributed by atoms with van der Waals surface area (Å²) in [5, 5.41) is 11.0. The van der Waals surface area contributed by atoms with Crippen LogP contribution in [0.15, 0.2) is 66.7 Å². The van der Waals surface area contributed by atoms with Gasteiger partial charge in [0.05, 0.1) is 24.7 Å². The van der Waals surface area contributed by atoms with Gasteiger partial charge >= 0.3 is 0 Å². The lowest BCUT2D eigenvalue weighted by Gasteiger charge is -2.20. The standard InChI is InChI=1S/C29H31N3O4/c1-19-8-6-9-20(2)28(19)36-18-23(33)17-32-26-13-5-4-12-25(26)30-29(32)21-14-27(34)31(16-21)22-10-7-11-24(15-22)35-3/h4-13,15,21,23,33H,14,16-18H2,1-3H3/t21-,23-/m1/s1. The van der Waals surface area contributed by atoms with Crippen molar-refractivity contribution in [3.63, 3.8) is 0 Å². The number of nitrogens with zero attached hydrogens (tertiary/aromatic N) is 3. The van der Waals surface area contributed by atoms with E-state index in [4.69, 9.17) is 14.5 Å². The normalized spacial score (nSPS) is 16.5. The van der Waals surface area contributed by atoms with Gasteiger partial charge in [-0.1, -0.05) is 36.4 Å². The topological polar surface area (TPSA) is 76.8 Å². The first-order chi connectivity index (χ1) is 17.4. The summed E-state index contributed by atoms with van der Waals surface area (Å²) >= 11 is 0. The minimum Gasteiger partial charge on any atom is -0.497 e. The molecule has 0 spiro atoms. The molecule has 0 saturated carbocycles. The first-order valence-corrected chi connectivity index (χ1v) is 12.2. The number of aliphatic hydroxyl groups is 1. The van der Waals surface area contributed by atoms with Gasteiger partial charge in [-0.2, -0.15) is 0 Å². The number of carbonyl (C=O) groups is 1.